The number of ketones is 1. The molecule has 0 aliphatic carbocycles. The Morgan fingerprint density at radius 1 is 1.16 bits per heavy atom. The van der Waals surface area contributed by atoms with Crippen LogP contribution in [0.2, 0.25) is 0 Å². The minimum absolute atomic E-state index is 0.0785. The Balaban J connectivity index is 1.96. The number of carbonyl (C=O) groups is 2. The van der Waals surface area contributed by atoms with Gasteiger partial charge in [-0.15, -0.1) is 0 Å². The molecule has 3 aromatic rings. The number of aliphatic hydroxyl groups excluding tert-OH is 1. The third-order valence-corrected chi connectivity index (χ3v) is 4.94. The number of rotatable bonds is 4. The van der Waals surface area contributed by atoms with Gasteiger partial charge in [0.05, 0.1) is 18.7 Å². The minimum Gasteiger partial charge on any atom is -0.507 e. The molecule has 1 amide bonds. The molecule has 0 bridgehead atoms. The van der Waals surface area contributed by atoms with E-state index in [0.717, 1.165) is 17.0 Å². The van der Waals surface area contributed by atoms with Crippen molar-refractivity contribution < 1.29 is 33.5 Å². The van der Waals surface area contributed by atoms with Crippen LogP contribution in [-0.4, -0.2) is 34.2 Å². The number of phenolic OH excluding ortho intramolecular Hbond substituents is 1. The number of nitrogens with zero attached hydrogens (tertiary/aromatic N) is 2. The Hall–Kier alpha value is -4.14. The van der Waals surface area contributed by atoms with Crippen LogP contribution in [0, 0.1) is 12.7 Å². The summed E-state index contributed by atoms with van der Waals surface area (Å²) in [5.74, 6) is -2.39. The zero-order valence-electron chi connectivity index (χ0n) is 16.5. The van der Waals surface area contributed by atoms with Crippen molar-refractivity contribution in [3.05, 3.63) is 76.8 Å². The van der Waals surface area contributed by atoms with Crippen molar-refractivity contribution in [2.75, 3.05) is 12.0 Å². The monoisotopic (exact) mass is 424 g/mol. The molecule has 0 radical (unpaired) electrons. The van der Waals surface area contributed by atoms with Gasteiger partial charge in [0, 0.05) is 11.6 Å². The van der Waals surface area contributed by atoms with Gasteiger partial charge in [-0.05, 0) is 48.9 Å². The molecule has 9 heteroatoms. The molecular weight excluding hydrogens is 407 g/mol. The number of Topliss-reactive ketones (excluding diaryl/α,β-unsaturated/α-hetero) is 1. The van der Waals surface area contributed by atoms with Gasteiger partial charge in [0.25, 0.3) is 5.78 Å². The van der Waals surface area contributed by atoms with Gasteiger partial charge in [-0.3, -0.25) is 14.5 Å². The number of hydrogen-bond donors (Lipinski definition) is 2. The van der Waals surface area contributed by atoms with Gasteiger partial charge in [-0.1, -0.05) is 11.2 Å². The Kier molecular flexibility index (Phi) is 4.94. The van der Waals surface area contributed by atoms with E-state index in [0.29, 0.717) is 11.3 Å². The van der Waals surface area contributed by atoms with Crippen molar-refractivity contribution >= 4 is 23.3 Å². The third-order valence-electron chi connectivity index (χ3n) is 4.94. The van der Waals surface area contributed by atoms with Crippen LogP contribution in [0.4, 0.5) is 10.2 Å². The van der Waals surface area contributed by atoms with E-state index in [4.69, 9.17) is 9.26 Å². The third kappa shape index (κ3) is 3.39. The van der Waals surface area contributed by atoms with Crippen LogP contribution in [-0.2, 0) is 9.59 Å². The van der Waals surface area contributed by atoms with Crippen molar-refractivity contribution in [1.82, 2.24) is 5.16 Å². The molecule has 1 aliphatic heterocycles. The Labute approximate surface area is 175 Å². The van der Waals surface area contributed by atoms with E-state index in [9.17, 15) is 24.2 Å². The van der Waals surface area contributed by atoms with Crippen LogP contribution in [0.25, 0.3) is 5.76 Å². The van der Waals surface area contributed by atoms with Crippen molar-refractivity contribution in [1.29, 1.82) is 0 Å². The van der Waals surface area contributed by atoms with E-state index in [1.54, 1.807) is 6.92 Å². The van der Waals surface area contributed by atoms with Crippen LogP contribution in [0.15, 0.2) is 58.6 Å². The maximum atomic E-state index is 13.3. The number of aromatic hydroxyl groups is 1. The van der Waals surface area contributed by atoms with E-state index in [1.165, 1.54) is 43.5 Å². The second-order valence-corrected chi connectivity index (χ2v) is 6.90. The SMILES string of the molecule is COc1cc(C2C(=C(O)c3ccc(F)cc3)C(=O)C(=O)N2c2cc(C)on2)ccc1O. The summed E-state index contributed by atoms with van der Waals surface area (Å²) in [5.41, 5.74) is 0.314. The normalized spacial score (nSPS) is 17.9. The molecule has 31 heavy (non-hydrogen) atoms. The second kappa shape index (κ2) is 7.60. The molecule has 1 fully saturated rings. The summed E-state index contributed by atoms with van der Waals surface area (Å²) in [4.78, 5) is 27.0. The van der Waals surface area contributed by atoms with Gasteiger partial charge < -0.3 is 19.5 Å². The summed E-state index contributed by atoms with van der Waals surface area (Å²) >= 11 is 0. The first-order valence-corrected chi connectivity index (χ1v) is 9.19. The molecule has 1 aromatic heterocycles. The largest absolute Gasteiger partial charge is 0.507 e. The van der Waals surface area contributed by atoms with Gasteiger partial charge in [-0.2, -0.15) is 0 Å². The van der Waals surface area contributed by atoms with Gasteiger partial charge in [-0.25, -0.2) is 4.39 Å². The molecule has 0 spiro atoms. The highest BCUT2D eigenvalue weighted by atomic mass is 19.1. The van der Waals surface area contributed by atoms with E-state index in [1.807, 2.05) is 0 Å². The lowest BCUT2D eigenvalue weighted by Crippen LogP contribution is -2.29. The Morgan fingerprint density at radius 3 is 2.48 bits per heavy atom. The first-order valence-electron chi connectivity index (χ1n) is 9.19. The maximum absolute atomic E-state index is 13.3. The number of aromatic nitrogens is 1. The van der Waals surface area contributed by atoms with Crippen molar-refractivity contribution in [2.45, 2.75) is 13.0 Å². The predicted molar refractivity (Wildman–Crippen MR) is 107 cm³/mol. The van der Waals surface area contributed by atoms with Crippen LogP contribution in [0.5, 0.6) is 11.5 Å². The summed E-state index contributed by atoms with van der Waals surface area (Å²) in [7, 11) is 1.36. The number of amides is 1. The molecule has 158 valence electrons. The molecule has 2 N–H and O–H groups in total. The van der Waals surface area contributed by atoms with E-state index < -0.39 is 29.3 Å². The van der Waals surface area contributed by atoms with E-state index in [-0.39, 0.29) is 28.5 Å². The molecule has 0 saturated carbocycles. The quantitative estimate of drug-likeness (QED) is 0.375. The lowest BCUT2D eigenvalue weighted by atomic mass is 9.95. The number of methoxy groups -OCH3 is 1. The van der Waals surface area contributed by atoms with Gasteiger partial charge in [0.2, 0.25) is 0 Å². The predicted octanol–water partition coefficient (Wildman–Crippen LogP) is 3.46. The Bertz CT molecular complexity index is 1210. The number of anilines is 1. The topological polar surface area (TPSA) is 113 Å². The summed E-state index contributed by atoms with van der Waals surface area (Å²) < 4.78 is 23.5. The fraction of sp³-hybridized carbons (Fsp3) is 0.136. The Morgan fingerprint density at radius 2 is 1.87 bits per heavy atom. The number of hydrogen-bond acceptors (Lipinski definition) is 7. The highest BCUT2D eigenvalue weighted by molar-refractivity contribution is 6.51. The maximum Gasteiger partial charge on any atom is 0.301 e. The zero-order valence-corrected chi connectivity index (χ0v) is 16.5. The molecule has 1 unspecified atom stereocenters. The number of phenols is 1. The molecule has 1 aliphatic rings. The minimum atomic E-state index is -1.09. The van der Waals surface area contributed by atoms with E-state index >= 15 is 0 Å². The van der Waals surface area contributed by atoms with Crippen LogP contribution < -0.4 is 9.64 Å². The first-order chi connectivity index (χ1) is 14.8. The molecule has 2 heterocycles. The number of carbonyl (C=O) groups excluding carboxylic acids is 2. The second-order valence-electron chi connectivity index (χ2n) is 6.90. The van der Waals surface area contributed by atoms with Crippen molar-refractivity contribution in [3.8, 4) is 11.5 Å². The van der Waals surface area contributed by atoms with Crippen molar-refractivity contribution in [2.24, 2.45) is 0 Å². The van der Waals surface area contributed by atoms with Gasteiger partial charge >= 0.3 is 5.91 Å². The number of aliphatic hydroxyl groups is 1. The molecular formula is C22H17FN2O6. The van der Waals surface area contributed by atoms with Crippen LogP contribution in [0.1, 0.15) is 22.9 Å². The van der Waals surface area contributed by atoms with Crippen molar-refractivity contribution in [3.63, 3.8) is 0 Å². The number of aryl methyl sites for hydroxylation is 1. The average Bonchev–Trinajstić information content (AvgIpc) is 3.29. The molecule has 1 saturated heterocycles. The summed E-state index contributed by atoms with van der Waals surface area (Å²) in [6.45, 7) is 1.63. The van der Waals surface area contributed by atoms with Crippen LogP contribution >= 0.6 is 0 Å². The molecule has 2 aromatic carbocycles. The molecule has 8 nitrogen and oxygen atoms in total. The first kappa shape index (κ1) is 20.1. The fourth-order valence-corrected chi connectivity index (χ4v) is 3.48. The summed E-state index contributed by atoms with van der Waals surface area (Å²) in [6.07, 6.45) is 0. The lowest BCUT2D eigenvalue weighted by molar-refractivity contribution is -0.132. The van der Waals surface area contributed by atoms with Crippen LogP contribution in [0.3, 0.4) is 0 Å². The number of ether oxygens (including phenoxy) is 1. The van der Waals surface area contributed by atoms with Gasteiger partial charge in [0.15, 0.2) is 17.3 Å². The number of benzene rings is 2. The molecule has 4 rings (SSSR count). The highest BCUT2D eigenvalue weighted by Gasteiger charge is 2.48. The van der Waals surface area contributed by atoms with E-state index in [2.05, 4.69) is 5.16 Å². The number of halogens is 1. The van der Waals surface area contributed by atoms with Gasteiger partial charge in [0.1, 0.15) is 17.3 Å². The summed E-state index contributed by atoms with van der Waals surface area (Å²) in [5, 5.41) is 24.7. The smallest absolute Gasteiger partial charge is 0.301 e. The standard InChI is InChI=1S/C22H17FN2O6/c1-11-9-17(24-31-11)25-19(13-5-8-15(26)16(10-13)30-2)18(21(28)22(25)29)20(27)12-3-6-14(23)7-4-12/h3-10,19,26-27H,1-2H3. The average molecular weight is 424 g/mol. The zero-order chi connectivity index (χ0) is 22.3. The highest BCUT2D eigenvalue weighted by Crippen LogP contribution is 2.43. The summed E-state index contributed by atoms with van der Waals surface area (Å²) in [6, 6.07) is 9.53. The fourth-order valence-electron chi connectivity index (χ4n) is 3.48. The molecule has 1 atom stereocenters. The lowest BCUT2D eigenvalue weighted by Gasteiger charge is -2.23.